The van der Waals surface area contributed by atoms with Crippen LogP contribution in [0.3, 0.4) is 0 Å². The molecule has 3 aromatic heterocycles. The summed E-state index contributed by atoms with van der Waals surface area (Å²) < 4.78 is 10.9. The number of hydrogen-bond donors (Lipinski definition) is 1. The summed E-state index contributed by atoms with van der Waals surface area (Å²) in [6.07, 6.45) is 3.35. The third-order valence-corrected chi connectivity index (χ3v) is 4.67. The lowest BCUT2D eigenvalue weighted by Crippen LogP contribution is -2.38. The molecule has 3 heterocycles. The SMILES string of the molecule is CCCN(CC(=O)NCCc1cccs1)Cc1nnc(-c2ccco2)o1. The van der Waals surface area contributed by atoms with Gasteiger partial charge in [-0.15, -0.1) is 21.5 Å². The summed E-state index contributed by atoms with van der Waals surface area (Å²) in [5.41, 5.74) is 0. The Balaban J connectivity index is 1.49. The number of carbonyl (C=O) groups excluding carboxylic acids is 1. The third-order valence-electron chi connectivity index (χ3n) is 3.74. The number of furan rings is 1. The largest absolute Gasteiger partial charge is 0.459 e. The normalized spacial score (nSPS) is 11.2. The highest BCUT2D eigenvalue weighted by Crippen LogP contribution is 2.18. The van der Waals surface area contributed by atoms with Crippen molar-refractivity contribution in [3.05, 3.63) is 46.7 Å². The van der Waals surface area contributed by atoms with Gasteiger partial charge in [0.15, 0.2) is 5.76 Å². The lowest BCUT2D eigenvalue weighted by atomic mass is 10.3. The van der Waals surface area contributed by atoms with E-state index in [9.17, 15) is 4.79 Å². The van der Waals surface area contributed by atoms with Crippen molar-refractivity contribution < 1.29 is 13.6 Å². The van der Waals surface area contributed by atoms with Crippen molar-refractivity contribution in [3.63, 3.8) is 0 Å². The highest BCUT2D eigenvalue weighted by atomic mass is 32.1. The zero-order valence-electron chi connectivity index (χ0n) is 14.7. The summed E-state index contributed by atoms with van der Waals surface area (Å²) in [5, 5.41) is 13.1. The number of nitrogens with zero attached hydrogens (tertiary/aromatic N) is 3. The van der Waals surface area contributed by atoms with Gasteiger partial charge < -0.3 is 14.2 Å². The second kappa shape index (κ2) is 9.30. The molecule has 0 bridgehead atoms. The molecule has 0 unspecified atom stereocenters. The summed E-state index contributed by atoms with van der Waals surface area (Å²) in [7, 11) is 0. The molecule has 0 aromatic carbocycles. The predicted octanol–water partition coefficient (Wildman–Crippen LogP) is 2.96. The van der Waals surface area contributed by atoms with Gasteiger partial charge in [0.2, 0.25) is 11.8 Å². The van der Waals surface area contributed by atoms with Gasteiger partial charge in [0.1, 0.15) is 0 Å². The van der Waals surface area contributed by atoms with Crippen LogP contribution < -0.4 is 5.32 Å². The Hall–Kier alpha value is -2.45. The van der Waals surface area contributed by atoms with E-state index < -0.39 is 0 Å². The Bertz CT molecular complexity index is 783. The summed E-state index contributed by atoms with van der Waals surface area (Å²) in [6, 6.07) is 7.63. The minimum Gasteiger partial charge on any atom is -0.459 e. The first-order valence-corrected chi connectivity index (χ1v) is 9.50. The highest BCUT2D eigenvalue weighted by molar-refractivity contribution is 7.09. The first-order chi connectivity index (χ1) is 12.7. The van der Waals surface area contributed by atoms with Crippen LogP contribution >= 0.6 is 11.3 Å². The van der Waals surface area contributed by atoms with Crippen molar-refractivity contribution >= 4 is 17.2 Å². The fourth-order valence-electron chi connectivity index (χ4n) is 2.58. The molecule has 1 N–H and O–H groups in total. The molecule has 0 spiro atoms. The quantitative estimate of drug-likeness (QED) is 0.587. The molecule has 0 aliphatic carbocycles. The standard InChI is InChI=1S/C18H22N4O3S/c1-2-9-22(12-16(23)19-8-7-14-5-4-11-26-14)13-17-20-21-18(25-17)15-6-3-10-24-15/h3-6,10-11H,2,7-9,12-13H2,1H3,(H,19,23). The Morgan fingerprint density at radius 1 is 1.31 bits per heavy atom. The molecule has 0 saturated carbocycles. The van der Waals surface area contributed by atoms with E-state index in [-0.39, 0.29) is 5.91 Å². The van der Waals surface area contributed by atoms with Gasteiger partial charge >= 0.3 is 0 Å². The summed E-state index contributed by atoms with van der Waals surface area (Å²) >= 11 is 1.70. The predicted molar refractivity (Wildman–Crippen MR) is 98.6 cm³/mol. The number of amides is 1. The van der Waals surface area contributed by atoms with E-state index in [2.05, 4.69) is 28.5 Å². The molecule has 3 rings (SSSR count). The van der Waals surface area contributed by atoms with E-state index in [0.29, 0.717) is 37.2 Å². The van der Waals surface area contributed by atoms with Crippen LogP contribution in [0.4, 0.5) is 0 Å². The van der Waals surface area contributed by atoms with E-state index >= 15 is 0 Å². The number of hydrogen-bond acceptors (Lipinski definition) is 7. The molecule has 0 atom stereocenters. The van der Waals surface area contributed by atoms with Crippen LogP contribution in [0.2, 0.25) is 0 Å². The van der Waals surface area contributed by atoms with Crippen LogP contribution in [0, 0.1) is 0 Å². The van der Waals surface area contributed by atoms with E-state index in [0.717, 1.165) is 19.4 Å². The Morgan fingerprint density at radius 2 is 2.23 bits per heavy atom. The van der Waals surface area contributed by atoms with Gasteiger partial charge in [-0.25, -0.2) is 0 Å². The molecule has 1 amide bonds. The molecule has 8 heteroatoms. The average Bonchev–Trinajstić information content (AvgIpc) is 3.37. The Labute approximate surface area is 156 Å². The molecule has 26 heavy (non-hydrogen) atoms. The van der Waals surface area contributed by atoms with Gasteiger partial charge in [0.25, 0.3) is 5.89 Å². The molecular formula is C18H22N4O3S. The molecule has 0 fully saturated rings. The van der Waals surface area contributed by atoms with E-state index in [1.165, 1.54) is 4.88 Å². The van der Waals surface area contributed by atoms with E-state index in [1.807, 2.05) is 16.3 Å². The zero-order chi connectivity index (χ0) is 18.2. The minimum atomic E-state index is 0.000722. The Morgan fingerprint density at radius 3 is 2.96 bits per heavy atom. The molecule has 3 aromatic rings. The number of thiophene rings is 1. The number of aromatic nitrogens is 2. The van der Waals surface area contributed by atoms with Crippen molar-refractivity contribution in [1.29, 1.82) is 0 Å². The minimum absolute atomic E-state index is 0.000722. The molecular weight excluding hydrogens is 352 g/mol. The summed E-state index contributed by atoms with van der Waals surface area (Å²) in [5.74, 6) is 1.36. The van der Waals surface area contributed by atoms with Crippen molar-refractivity contribution in [3.8, 4) is 11.7 Å². The van der Waals surface area contributed by atoms with Crippen LogP contribution in [0.1, 0.15) is 24.1 Å². The first-order valence-electron chi connectivity index (χ1n) is 8.62. The van der Waals surface area contributed by atoms with Gasteiger partial charge in [-0.3, -0.25) is 9.69 Å². The van der Waals surface area contributed by atoms with E-state index in [1.54, 1.807) is 29.7 Å². The van der Waals surface area contributed by atoms with Gasteiger partial charge in [0.05, 0.1) is 19.4 Å². The second-order valence-corrected chi connectivity index (χ2v) is 6.90. The van der Waals surface area contributed by atoms with Crippen LogP contribution in [0.5, 0.6) is 0 Å². The van der Waals surface area contributed by atoms with E-state index in [4.69, 9.17) is 8.83 Å². The van der Waals surface area contributed by atoms with Gasteiger partial charge in [-0.1, -0.05) is 13.0 Å². The lowest BCUT2D eigenvalue weighted by Gasteiger charge is -2.19. The molecule has 0 saturated heterocycles. The molecule has 0 radical (unpaired) electrons. The summed E-state index contributed by atoms with van der Waals surface area (Å²) in [4.78, 5) is 15.5. The number of rotatable bonds is 10. The highest BCUT2D eigenvalue weighted by Gasteiger charge is 2.16. The van der Waals surface area contributed by atoms with Gasteiger partial charge in [-0.05, 0) is 43.0 Å². The van der Waals surface area contributed by atoms with Gasteiger partial charge in [0, 0.05) is 11.4 Å². The van der Waals surface area contributed by atoms with Crippen molar-refractivity contribution in [2.45, 2.75) is 26.3 Å². The van der Waals surface area contributed by atoms with Crippen LogP contribution in [0.25, 0.3) is 11.7 Å². The zero-order valence-corrected chi connectivity index (χ0v) is 15.5. The fraction of sp³-hybridized carbons (Fsp3) is 0.389. The monoisotopic (exact) mass is 374 g/mol. The molecule has 138 valence electrons. The maximum absolute atomic E-state index is 12.2. The Kier molecular flexibility index (Phi) is 6.56. The summed E-state index contributed by atoms with van der Waals surface area (Å²) in [6.45, 7) is 4.22. The third kappa shape index (κ3) is 5.27. The fourth-order valence-corrected chi connectivity index (χ4v) is 3.29. The molecule has 0 aliphatic heterocycles. The second-order valence-electron chi connectivity index (χ2n) is 5.87. The van der Waals surface area contributed by atoms with Crippen molar-refractivity contribution in [2.24, 2.45) is 0 Å². The number of nitrogens with one attached hydrogen (secondary N) is 1. The molecule has 7 nitrogen and oxygen atoms in total. The van der Waals surface area contributed by atoms with Crippen LogP contribution in [-0.2, 0) is 17.8 Å². The van der Waals surface area contributed by atoms with Crippen LogP contribution in [0.15, 0.2) is 44.7 Å². The van der Waals surface area contributed by atoms with Crippen molar-refractivity contribution in [1.82, 2.24) is 20.4 Å². The molecule has 0 aliphatic rings. The smallest absolute Gasteiger partial charge is 0.283 e. The lowest BCUT2D eigenvalue weighted by molar-refractivity contribution is -0.122. The topological polar surface area (TPSA) is 84.4 Å². The maximum atomic E-state index is 12.2. The van der Waals surface area contributed by atoms with Crippen molar-refractivity contribution in [2.75, 3.05) is 19.6 Å². The average molecular weight is 374 g/mol. The van der Waals surface area contributed by atoms with Crippen LogP contribution in [-0.4, -0.2) is 40.6 Å². The maximum Gasteiger partial charge on any atom is 0.283 e. The number of carbonyl (C=O) groups is 1. The van der Waals surface area contributed by atoms with Gasteiger partial charge in [-0.2, -0.15) is 0 Å². The first kappa shape index (κ1) is 18.3.